The number of hydrogen-bond acceptors (Lipinski definition) is 5. The highest BCUT2D eigenvalue weighted by Gasteiger charge is 2.24. The third-order valence-electron chi connectivity index (χ3n) is 5.25. The molecule has 7 heteroatoms. The zero-order valence-electron chi connectivity index (χ0n) is 15.9. The molecule has 0 N–H and O–H groups in total. The summed E-state index contributed by atoms with van der Waals surface area (Å²) in [6.07, 6.45) is 4.74. The van der Waals surface area contributed by atoms with E-state index >= 15 is 0 Å². The van der Waals surface area contributed by atoms with Gasteiger partial charge in [0, 0.05) is 24.6 Å². The molecule has 0 radical (unpaired) electrons. The molecular weight excluding hydrogens is 354 g/mol. The Kier molecular flexibility index (Phi) is 5.32. The maximum atomic E-state index is 13.2. The molecule has 28 heavy (non-hydrogen) atoms. The predicted octanol–water partition coefficient (Wildman–Crippen LogP) is 3.08. The summed E-state index contributed by atoms with van der Waals surface area (Å²) in [7, 11) is 1.67. The quantitative estimate of drug-likeness (QED) is 0.699. The first-order valence-corrected chi connectivity index (χ1v) is 9.51. The number of ether oxygens (including phenoxy) is 1. The largest absolute Gasteiger partial charge is 0.497 e. The number of rotatable bonds is 4. The van der Waals surface area contributed by atoms with Crippen molar-refractivity contribution in [2.75, 3.05) is 20.2 Å². The van der Waals surface area contributed by atoms with Gasteiger partial charge < -0.3 is 9.64 Å². The highest BCUT2D eigenvalue weighted by molar-refractivity contribution is 5.94. The number of carbonyl (C=O) groups is 1. The maximum absolute atomic E-state index is 13.2. The molecule has 1 aliphatic heterocycles. The lowest BCUT2D eigenvalue weighted by Crippen LogP contribution is -2.34. The molecule has 144 valence electrons. The summed E-state index contributed by atoms with van der Waals surface area (Å²) in [6, 6.07) is 15.6. The second-order valence-electron chi connectivity index (χ2n) is 7.02. The Morgan fingerprint density at radius 3 is 2.75 bits per heavy atom. The fourth-order valence-electron chi connectivity index (χ4n) is 3.72. The van der Waals surface area contributed by atoms with E-state index in [0.29, 0.717) is 11.5 Å². The van der Waals surface area contributed by atoms with Gasteiger partial charge in [0.2, 0.25) is 0 Å². The van der Waals surface area contributed by atoms with Gasteiger partial charge in [-0.3, -0.25) is 4.79 Å². The average molecular weight is 377 g/mol. The third-order valence-corrected chi connectivity index (χ3v) is 5.25. The van der Waals surface area contributed by atoms with Gasteiger partial charge in [-0.25, -0.2) is 4.68 Å². The molecule has 1 atom stereocenters. The van der Waals surface area contributed by atoms with Gasteiger partial charge in [0.25, 0.3) is 5.91 Å². The van der Waals surface area contributed by atoms with E-state index < -0.39 is 0 Å². The molecule has 0 spiro atoms. The molecule has 1 aliphatic rings. The van der Waals surface area contributed by atoms with E-state index in [-0.39, 0.29) is 5.91 Å². The van der Waals surface area contributed by atoms with Crippen LogP contribution in [0.15, 0.2) is 54.9 Å². The van der Waals surface area contributed by atoms with E-state index in [4.69, 9.17) is 4.74 Å². The van der Waals surface area contributed by atoms with Crippen LogP contribution >= 0.6 is 0 Å². The smallest absolute Gasteiger partial charge is 0.253 e. The van der Waals surface area contributed by atoms with Crippen molar-refractivity contribution in [1.82, 2.24) is 25.1 Å². The first kappa shape index (κ1) is 18.2. The van der Waals surface area contributed by atoms with Gasteiger partial charge in [-0.15, -0.1) is 5.10 Å². The minimum Gasteiger partial charge on any atom is -0.497 e. The number of carbonyl (C=O) groups excluding carboxylic acids is 1. The number of likely N-dealkylation sites (tertiary alicyclic amines) is 1. The number of tetrazole rings is 1. The summed E-state index contributed by atoms with van der Waals surface area (Å²) in [4.78, 5) is 15.2. The van der Waals surface area contributed by atoms with Gasteiger partial charge in [-0.2, -0.15) is 0 Å². The van der Waals surface area contributed by atoms with Gasteiger partial charge in [0.05, 0.1) is 12.8 Å². The lowest BCUT2D eigenvalue weighted by atomic mass is 9.94. The Balaban J connectivity index is 1.54. The summed E-state index contributed by atoms with van der Waals surface area (Å²) in [5.41, 5.74) is 2.68. The first-order valence-electron chi connectivity index (χ1n) is 9.51. The van der Waals surface area contributed by atoms with Crippen LogP contribution in [0.3, 0.4) is 0 Å². The van der Waals surface area contributed by atoms with Gasteiger partial charge in [-0.05, 0) is 59.2 Å². The van der Waals surface area contributed by atoms with Crippen molar-refractivity contribution in [3.8, 4) is 11.4 Å². The van der Waals surface area contributed by atoms with Crippen molar-refractivity contribution in [3.63, 3.8) is 0 Å². The molecule has 1 fully saturated rings. The van der Waals surface area contributed by atoms with Crippen molar-refractivity contribution in [2.45, 2.75) is 25.2 Å². The summed E-state index contributed by atoms with van der Waals surface area (Å²) < 4.78 is 6.81. The molecule has 1 saturated heterocycles. The highest BCUT2D eigenvalue weighted by Crippen LogP contribution is 2.28. The van der Waals surface area contributed by atoms with Crippen LogP contribution in [0.4, 0.5) is 0 Å². The fourth-order valence-corrected chi connectivity index (χ4v) is 3.72. The maximum Gasteiger partial charge on any atom is 0.253 e. The van der Waals surface area contributed by atoms with E-state index in [1.807, 2.05) is 41.3 Å². The summed E-state index contributed by atoms with van der Waals surface area (Å²) in [5.74, 6) is 1.24. The average Bonchev–Trinajstić information content (AvgIpc) is 3.18. The SMILES string of the molecule is COc1ccc(C2CCCCN(C(=O)c3cccc(-n4cnnn4)c3)C2)cc1. The van der Waals surface area contributed by atoms with Crippen molar-refractivity contribution >= 4 is 5.91 Å². The Bertz CT molecular complexity index is 924. The van der Waals surface area contributed by atoms with E-state index in [1.165, 1.54) is 11.9 Å². The van der Waals surface area contributed by atoms with E-state index in [1.54, 1.807) is 11.8 Å². The molecule has 0 saturated carbocycles. The molecule has 1 unspecified atom stereocenters. The number of nitrogens with zero attached hydrogens (tertiary/aromatic N) is 5. The molecule has 2 heterocycles. The van der Waals surface area contributed by atoms with Gasteiger partial charge >= 0.3 is 0 Å². The number of amides is 1. The first-order chi connectivity index (χ1) is 13.7. The Morgan fingerprint density at radius 2 is 2.00 bits per heavy atom. The van der Waals surface area contributed by atoms with Gasteiger partial charge in [0.1, 0.15) is 12.1 Å². The molecule has 1 amide bonds. The Morgan fingerprint density at radius 1 is 1.14 bits per heavy atom. The van der Waals surface area contributed by atoms with Crippen LogP contribution in [0.5, 0.6) is 5.75 Å². The van der Waals surface area contributed by atoms with E-state index in [9.17, 15) is 4.79 Å². The molecule has 3 aromatic rings. The van der Waals surface area contributed by atoms with Crippen LogP contribution < -0.4 is 4.74 Å². The fraction of sp³-hybridized carbons (Fsp3) is 0.333. The van der Waals surface area contributed by atoms with Crippen LogP contribution in [0.2, 0.25) is 0 Å². The molecule has 4 rings (SSSR count). The van der Waals surface area contributed by atoms with Crippen molar-refractivity contribution in [1.29, 1.82) is 0 Å². The van der Waals surface area contributed by atoms with E-state index in [0.717, 1.165) is 43.8 Å². The van der Waals surface area contributed by atoms with Crippen LogP contribution in [0.25, 0.3) is 5.69 Å². The van der Waals surface area contributed by atoms with Crippen molar-refractivity contribution in [3.05, 3.63) is 66.0 Å². The van der Waals surface area contributed by atoms with Gasteiger partial charge in [-0.1, -0.05) is 24.6 Å². The van der Waals surface area contributed by atoms with E-state index in [2.05, 4.69) is 27.7 Å². The van der Waals surface area contributed by atoms with Crippen LogP contribution in [0, 0.1) is 0 Å². The molecule has 1 aromatic heterocycles. The molecule has 0 bridgehead atoms. The Labute approximate surface area is 163 Å². The second kappa shape index (κ2) is 8.21. The summed E-state index contributed by atoms with van der Waals surface area (Å²) in [6.45, 7) is 1.50. The lowest BCUT2D eigenvalue weighted by molar-refractivity contribution is 0.0754. The number of methoxy groups -OCH3 is 1. The standard InChI is InChI=1S/C21H23N5O2/c1-28-20-10-8-16(9-11-20)18-5-2-3-12-25(14-18)21(27)17-6-4-7-19(13-17)26-15-22-23-24-26/h4,6-11,13,15,18H,2-3,5,12,14H2,1H3. The number of benzene rings is 2. The normalized spacial score (nSPS) is 17.2. The Hall–Kier alpha value is -3.22. The lowest BCUT2D eigenvalue weighted by Gasteiger charge is -2.25. The van der Waals surface area contributed by atoms with Crippen LogP contribution in [-0.2, 0) is 0 Å². The third kappa shape index (κ3) is 3.88. The predicted molar refractivity (Wildman–Crippen MR) is 105 cm³/mol. The zero-order valence-corrected chi connectivity index (χ0v) is 15.9. The van der Waals surface area contributed by atoms with Crippen LogP contribution in [0.1, 0.15) is 41.1 Å². The molecular formula is C21H23N5O2. The highest BCUT2D eigenvalue weighted by atomic mass is 16.5. The summed E-state index contributed by atoms with van der Waals surface area (Å²) >= 11 is 0. The topological polar surface area (TPSA) is 73.1 Å². The van der Waals surface area contributed by atoms with Crippen molar-refractivity contribution in [2.24, 2.45) is 0 Å². The minimum absolute atomic E-state index is 0.0512. The minimum atomic E-state index is 0.0512. The van der Waals surface area contributed by atoms with Crippen LogP contribution in [-0.4, -0.2) is 51.2 Å². The second-order valence-corrected chi connectivity index (χ2v) is 7.02. The molecule has 2 aromatic carbocycles. The molecule has 0 aliphatic carbocycles. The van der Waals surface area contributed by atoms with Gasteiger partial charge in [0.15, 0.2) is 0 Å². The summed E-state index contributed by atoms with van der Waals surface area (Å²) in [5, 5.41) is 11.2. The number of hydrogen-bond donors (Lipinski definition) is 0. The molecule has 7 nitrogen and oxygen atoms in total. The monoisotopic (exact) mass is 377 g/mol. The van der Waals surface area contributed by atoms with Crippen molar-refractivity contribution < 1.29 is 9.53 Å². The zero-order chi connectivity index (χ0) is 19.3. The number of aromatic nitrogens is 4.